The van der Waals surface area contributed by atoms with Crippen molar-refractivity contribution in [3.8, 4) is 0 Å². The summed E-state index contributed by atoms with van der Waals surface area (Å²) in [6, 6.07) is 0. The summed E-state index contributed by atoms with van der Waals surface area (Å²) in [6.07, 6.45) is 6.52. The fraction of sp³-hybridized carbons (Fsp3) is 0.923. The van der Waals surface area contributed by atoms with Crippen molar-refractivity contribution >= 4 is 5.97 Å². The molecule has 1 aliphatic rings. The molecule has 1 N–H and O–H groups in total. The summed E-state index contributed by atoms with van der Waals surface area (Å²) < 4.78 is 5.36. The smallest absolute Gasteiger partial charge is 0.309 e. The van der Waals surface area contributed by atoms with E-state index in [0.717, 1.165) is 38.5 Å². The average Bonchev–Trinajstić information content (AvgIpc) is 2.28. The zero-order valence-electron chi connectivity index (χ0n) is 10.7. The zero-order chi connectivity index (χ0) is 12.2. The topological polar surface area (TPSA) is 46.5 Å². The molecule has 1 rings (SSSR count). The van der Waals surface area contributed by atoms with Gasteiger partial charge in [-0.05, 0) is 39.5 Å². The molecule has 0 aromatic rings. The Kier molecular flexibility index (Phi) is 4.36. The summed E-state index contributed by atoms with van der Waals surface area (Å²) in [5.74, 6) is -0.612. The Bertz CT molecular complexity index is 240. The van der Waals surface area contributed by atoms with Crippen LogP contribution in [0.4, 0.5) is 0 Å². The molecular weight excluding hydrogens is 204 g/mol. The minimum Gasteiger partial charge on any atom is -0.481 e. The van der Waals surface area contributed by atoms with Gasteiger partial charge >= 0.3 is 5.97 Å². The van der Waals surface area contributed by atoms with Gasteiger partial charge in [0.25, 0.3) is 0 Å². The molecule has 3 nitrogen and oxygen atoms in total. The SMILES string of the molecule is COC(C)(C)CCC1(C(=O)O)CCCCC1. The highest BCUT2D eigenvalue weighted by molar-refractivity contribution is 5.74. The van der Waals surface area contributed by atoms with Crippen LogP contribution in [0.3, 0.4) is 0 Å². The minimum atomic E-state index is -0.612. The van der Waals surface area contributed by atoms with E-state index in [1.54, 1.807) is 7.11 Å². The Morgan fingerprint density at radius 3 is 2.31 bits per heavy atom. The number of carboxylic acids is 1. The lowest BCUT2D eigenvalue weighted by Gasteiger charge is -2.35. The molecule has 0 heterocycles. The van der Waals surface area contributed by atoms with E-state index in [-0.39, 0.29) is 5.60 Å². The van der Waals surface area contributed by atoms with Gasteiger partial charge in [0.2, 0.25) is 0 Å². The Morgan fingerprint density at radius 1 is 1.31 bits per heavy atom. The van der Waals surface area contributed by atoms with Crippen molar-refractivity contribution < 1.29 is 14.6 Å². The number of hydrogen-bond acceptors (Lipinski definition) is 2. The van der Waals surface area contributed by atoms with Crippen molar-refractivity contribution in [3.63, 3.8) is 0 Å². The lowest BCUT2D eigenvalue weighted by Crippen LogP contribution is -2.36. The van der Waals surface area contributed by atoms with Gasteiger partial charge in [0.05, 0.1) is 11.0 Å². The maximum absolute atomic E-state index is 11.4. The Balaban J connectivity index is 2.61. The highest BCUT2D eigenvalue weighted by Crippen LogP contribution is 2.41. The molecule has 0 spiro atoms. The van der Waals surface area contributed by atoms with Crippen LogP contribution in [-0.2, 0) is 9.53 Å². The second-order valence-electron chi connectivity index (χ2n) is 5.61. The summed E-state index contributed by atoms with van der Waals surface area (Å²) in [5, 5.41) is 9.42. The molecule has 1 aliphatic carbocycles. The first kappa shape index (κ1) is 13.5. The van der Waals surface area contributed by atoms with E-state index in [4.69, 9.17) is 4.74 Å². The van der Waals surface area contributed by atoms with Gasteiger partial charge in [0, 0.05) is 7.11 Å². The molecule has 0 saturated heterocycles. The van der Waals surface area contributed by atoms with Crippen LogP contribution in [0.25, 0.3) is 0 Å². The molecular formula is C13H24O3. The van der Waals surface area contributed by atoms with Crippen molar-refractivity contribution in [1.29, 1.82) is 0 Å². The first-order valence-electron chi connectivity index (χ1n) is 6.20. The van der Waals surface area contributed by atoms with E-state index >= 15 is 0 Å². The molecule has 0 unspecified atom stereocenters. The van der Waals surface area contributed by atoms with Gasteiger partial charge in [-0.1, -0.05) is 19.3 Å². The van der Waals surface area contributed by atoms with E-state index in [0.29, 0.717) is 0 Å². The average molecular weight is 228 g/mol. The number of carboxylic acid groups (broad SMARTS) is 1. The maximum atomic E-state index is 11.4. The third-order valence-corrected chi connectivity index (χ3v) is 4.02. The van der Waals surface area contributed by atoms with Crippen molar-refractivity contribution in [3.05, 3.63) is 0 Å². The molecule has 0 aromatic carbocycles. The predicted octanol–water partition coefficient (Wildman–Crippen LogP) is 3.23. The van der Waals surface area contributed by atoms with Crippen molar-refractivity contribution in [2.24, 2.45) is 5.41 Å². The van der Waals surface area contributed by atoms with E-state index in [9.17, 15) is 9.90 Å². The third-order valence-electron chi connectivity index (χ3n) is 4.02. The van der Waals surface area contributed by atoms with Crippen LogP contribution in [0.2, 0.25) is 0 Å². The van der Waals surface area contributed by atoms with Gasteiger partial charge in [-0.3, -0.25) is 4.79 Å². The van der Waals surface area contributed by atoms with Crippen LogP contribution in [0.5, 0.6) is 0 Å². The van der Waals surface area contributed by atoms with Crippen LogP contribution in [0.1, 0.15) is 58.8 Å². The molecule has 16 heavy (non-hydrogen) atoms. The number of carbonyl (C=O) groups is 1. The predicted molar refractivity (Wildman–Crippen MR) is 63.5 cm³/mol. The number of methoxy groups -OCH3 is 1. The number of ether oxygens (including phenoxy) is 1. The fourth-order valence-electron chi connectivity index (χ4n) is 2.44. The van der Waals surface area contributed by atoms with Gasteiger partial charge in [0.15, 0.2) is 0 Å². The molecule has 3 heteroatoms. The van der Waals surface area contributed by atoms with Crippen molar-refractivity contribution in [2.75, 3.05) is 7.11 Å². The summed E-state index contributed by atoms with van der Waals surface area (Å²) in [4.78, 5) is 11.4. The number of rotatable bonds is 5. The van der Waals surface area contributed by atoms with Gasteiger partial charge in [-0.25, -0.2) is 0 Å². The van der Waals surface area contributed by atoms with Gasteiger partial charge in [0.1, 0.15) is 0 Å². The lowest BCUT2D eigenvalue weighted by molar-refractivity contribution is -0.152. The molecule has 0 atom stereocenters. The largest absolute Gasteiger partial charge is 0.481 e. The summed E-state index contributed by atoms with van der Waals surface area (Å²) in [6.45, 7) is 4.04. The van der Waals surface area contributed by atoms with Crippen LogP contribution < -0.4 is 0 Å². The highest BCUT2D eigenvalue weighted by atomic mass is 16.5. The molecule has 1 saturated carbocycles. The third kappa shape index (κ3) is 3.21. The molecule has 94 valence electrons. The first-order chi connectivity index (χ1) is 7.42. The summed E-state index contributed by atoms with van der Waals surface area (Å²) in [7, 11) is 1.69. The van der Waals surface area contributed by atoms with Crippen LogP contribution in [-0.4, -0.2) is 23.8 Å². The van der Waals surface area contributed by atoms with Gasteiger partial charge < -0.3 is 9.84 Å². The van der Waals surface area contributed by atoms with Crippen LogP contribution in [0.15, 0.2) is 0 Å². The second-order valence-corrected chi connectivity index (χ2v) is 5.61. The fourth-order valence-corrected chi connectivity index (χ4v) is 2.44. The summed E-state index contributed by atoms with van der Waals surface area (Å²) in [5.41, 5.74) is -0.687. The number of aliphatic carboxylic acids is 1. The van der Waals surface area contributed by atoms with Gasteiger partial charge in [-0.15, -0.1) is 0 Å². The second kappa shape index (κ2) is 5.17. The molecule has 0 radical (unpaired) electrons. The molecule has 0 bridgehead atoms. The van der Waals surface area contributed by atoms with E-state index < -0.39 is 11.4 Å². The maximum Gasteiger partial charge on any atom is 0.309 e. The van der Waals surface area contributed by atoms with Crippen LogP contribution in [0, 0.1) is 5.41 Å². The monoisotopic (exact) mass is 228 g/mol. The van der Waals surface area contributed by atoms with Crippen molar-refractivity contribution in [2.45, 2.75) is 64.4 Å². The quantitative estimate of drug-likeness (QED) is 0.785. The minimum absolute atomic E-state index is 0.208. The van der Waals surface area contributed by atoms with E-state index in [2.05, 4.69) is 0 Å². The molecule has 0 amide bonds. The van der Waals surface area contributed by atoms with Crippen LogP contribution >= 0.6 is 0 Å². The first-order valence-corrected chi connectivity index (χ1v) is 6.20. The van der Waals surface area contributed by atoms with E-state index in [1.165, 1.54) is 6.42 Å². The Morgan fingerprint density at radius 2 is 1.88 bits per heavy atom. The molecule has 0 aromatic heterocycles. The lowest BCUT2D eigenvalue weighted by atomic mass is 9.70. The highest BCUT2D eigenvalue weighted by Gasteiger charge is 2.40. The molecule has 1 fully saturated rings. The summed E-state index contributed by atoms with van der Waals surface area (Å²) >= 11 is 0. The van der Waals surface area contributed by atoms with Crippen molar-refractivity contribution in [1.82, 2.24) is 0 Å². The number of hydrogen-bond donors (Lipinski definition) is 1. The van der Waals surface area contributed by atoms with Gasteiger partial charge in [-0.2, -0.15) is 0 Å². The zero-order valence-corrected chi connectivity index (χ0v) is 10.7. The standard InChI is InChI=1S/C13H24O3/c1-12(2,16-3)9-10-13(11(14)15)7-5-4-6-8-13/h4-10H2,1-3H3,(H,14,15). The normalized spacial score (nSPS) is 20.7. The Labute approximate surface area is 98.2 Å². The molecule has 0 aliphatic heterocycles. The van der Waals surface area contributed by atoms with E-state index in [1.807, 2.05) is 13.8 Å². The Hall–Kier alpha value is -0.570.